The number of anilines is 1. The summed E-state index contributed by atoms with van der Waals surface area (Å²) >= 11 is 0. The number of hydrogen-bond acceptors (Lipinski definition) is 6. The second-order valence-electron chi connectivity index (χ2n) is 7.70. The van der Waals surface area contributed by atoms with Crippen molar-refractivity contribution in [2.45, 2.75) is 35.8 Å². The second-order valence-corrected chi connectivity index (χ2v) is 9.93. The van der Waals surface area contributed by atoms with Crippen molar-refractivity contribution in [1.29, 1.82) is 0 Å². The van der Waals surface area contributed by atoms with Crippen molar-refractivity contribution in [2.75, 3.05) is 5.32 Å². The normalized spacial score (nSPS) is 14.8. The van der Waals surface area contributed by atoms with E-state index in [4.69, 9.17) is 0 Å². The third-order valence-electron chi connectivity index (χ3n) is 5.72. The van der Waals surface area contributed by atoms with Crippen molar-refractivity contribution in [3.63, 3.8) is 0 Å². The molecule has 0 spiro atoms. The lowest BCUT2D eigenvalue weighted by molar-refractivity contribution is 0.102. The van der Waals surface area contributed by atoms with Crippen LogP contribution in [-0.2, 0) is 23.9 Å². The highest BCUT2D eigenvalue weighted by atomic mass is 32.2. The molecule has 2 aromatic heterocycles. The van der Waals surface area contributed by atoms with Gasteiger partial charge in [0.2, 0.25) is 0 Å². The average molecular weight is 442 g/mol. The molecular formula is C21H22N4O5S. The van der Waals surface area contributed by atoms with E-state index in [1.807, 2.05) is 0 Å². The number of benzene rings is 1. The summed E-state index contributed by atoms with van der Waals surface area (Å²) in [5.74, 6) is -0.540. The molecule has 9 nitrogen and oxygen atoms in total. The first-order valence-electron chi connectivity index (χ1n) is 9.92. The molecule has 1 fully saturated rings. The van der Waals surface area contributed by atoms with Crippen LogP contribution >= 0.6 is 0 Å². The number of nitrogens with one attached hydrogen (secondary N) is 1. The van der Waals surface area contributed by atoms with Gasteiger partial charge in [0.25, 0.3) is 11.5 Å². The van der Waals surface area contributed by atoms with Crippen LogP contribution in [0.25, 0.3) is 11.0 Å². The number of aromatic nitrogens is 3. The molecule has 0 unspecified atom stereocenters. The van der Waals surface area contributed by atoms with Gasteiger partial charge >= 0.3 is 5.69 Å². The summed E-state index contributed by atoms with van der Waals surface area (Å²) in [5, 5.41) is 2.55. The number of carbonyl (C=O) groups excluding carboxylic acids is 1. The summed E-state index contributed by atoms with van der Waals surface area (Å²) < 4.78 is 27.5. The van der Waals surface area contributed by atoms with Gasteiger partial charge in [0.15, 0.2) is 9.84 Å². The molecule has 162 valence electrons. The van der Waals surface area contributed by atoms with Gasteiger partial charge < -0.3 is 5.32 Å². The molecule has 1 aromatic carbocycles. The monoisotopic (exact) mass is 442 g/mol. The molecule has 1 aliphatic rings. The van der Waals surface area contributed by atoms with Gasteiger partial charge in [-0.1, -0.05) is 12.8 Å². The molecule has 0 aliphatic heterocycles. The largest absolute Gasteiger partial charge is 0.332 e. The summed E-state index contributed by atoms with van der Waals surface area (Å²) in [5.41, 5.74) is -0.481. The molecule has 2 heterocycles. The summed E-state index contributed by atoms with van der Waals surface area (Å²) in [7, 11) is -0.515. The minimum absolute atomic E-state index is 0.0263. The lowest BCUT2D eigenvalue weighted by Crippen LogP contribution is -2.37. The van der Waals surface area contributed by atoms with E-state index in [1.165, 1.54) is 55.1 Å². The highest BCUT2D eigenvalue weighted by Crippen LogP contribution is 2.30. The zero-order chi connectivity index (χ0) is 22.3. The number of carbonyl (C=O) groups is 1. The number of sulfone groups is 1. The Morgan fingerprint density at radius 1 is 1.00 bits per heavy atom. The first kappa shape index (κ1) is 21.0. The molecular weight excluding hydrogens is 420 g/mol. The molecule has 31 heavy (non-hydrogen) atoms. The standard InChI is InChI=1S/C21H22N4O5S/c1-24-18-16(20(27)25(2)21(24)28)11-12-17(23-18)19(26)22-13-7-9-15(10-8-13)31(29,30)14-5-3-4-6-14/h7-12,14H,3-6H2,1-2H3,(H,22,26). The zero-order valence-electron chi connectivity index (χ0n) is 17.2. The summed E-state index contributed by atoms with van der Waals surface area (Å²) in [6.45, 7) is 0. The Kier molecular flexibility index (Phi) is 5.26. The van der Waals surface area contributed by atoms with Crippen LogP contribution in [0.4, 0.5) is 5.69 Å². The van der Waals surface area contributed by atoms with Crippen molar-refractivity contribution < 1.29 is 13.2 Å². The van der Waals surface area contributed by atoms with E-state index in [1.54, 1.807) is 0 Å². The zero-order valence-corrected chi connectivity index (χ0v) is 18.0. The first-order valence-corrected chi connectivity index (χ1v) is 11.5. The number of rotatable bonds is 4. The second kappa shape index (κ2) is 7.77. The Morgan fingerprint density at radius 2 is 1.65 bits per heavy atom. The van der Waals surface area contributed by atoms with Crippen LogP contribution in [0.15, 0.2) is 50.9 Å². The fourth-order valence-corrected chi connectivity index (χ4v) is 5.75. The highest BCUT2D eigenvalue weighted by molar-refractivity contribution is 7.92. The molecule has 0 radical (unpaired) electrons. The van der Waals surface area contributed by atoms with Gasteiger partial charge in [-0.3, -0.25) is 18.7 Å². The lowest BCUT2D eigenvalue weighted by atomic mass is 10.2. The van der Waals surface area contributed by atoms with Gasteiger partial charge in [-0.15, -0.1) is 0 Å². The smallest absolute Gasteiger partial charge is 0.321 e. The number of aryl methyl sites for hydroxylation is 1. The number of hydrogen-bond donors (Lipinski definition) is 1. The molecule has 1 aliphatic carbocycles. The third-order valence-corrected chi connectivity index (χ3v) is 7.99. The average Bonchev–Trinajstić information content (AvgIpc) is 3.32. The molecule has 0 bridgehead atoms. The van der Waals surface area contributed by atoms with Crippen LogP contribution in [0.3, 0.4) is 0 Å². The molecule has 1 N–H and O–H groups in total. The van der Waals surface area contributed by atoms with Crippen molar-refractivity contribution in [2.24, 2.45) is 14.1 Å². The van der Waals surface area contributed by atoms with Gasteiger partial charge in [0, 0.05) is 19.8 Å². The highest BCUT2D eigenvalue weighted by Gasteiger charge is 2.30. The summed E-state index contributed by atoms with van der Waals surface area (Å²) in [6.07, 6.45) is 3.21. The van der Waals surface area contributed by atoms with Crippen LogP contribution in [0, 0.1) is 0 Å². The first-order chi connectivity index (χ1) is 14.7. The molecule has 0 saturated heterocycles. The quantitative estimate of drug-likeness (QED) is 0.655. The van der Waals surface area contributed by atoms with E-state index in [-0.39, 0.29) is 26.9 Å². The summed E-state index contributed by atoms with van der Waals surface area (Å²) in [6, 6.07) is 8.91. The van der Waals surface area contributed by atoms with Crippen LogP contribution in [0.5, 0.6) is 0 Å². The number of nitrogens with zero attached hydrogens (tertiary/aromatic N) is 3. The maximum Gasteiger partial charge on any atom is 0.332 e. The fourth-order valence-electron chi connectivity index (χ4n) is 3.89. The Bertz CT molecular complexity index is 1400. The minimum atomic E-state index is -3.37. The van der Waals surface area contributed by atoms with Gasteiger partial charge in [-0.05, 0) is 49.2 Å². The van der Waals surface area contributed by atoms with Crippen molar-refractivity contribution in [1.82, 2.24) is 14.1 Å². The van der Waals surface area contributed by atoms with Gasteiger partial charge in [0.1, 0.15) is 11.3 Å². The van der Waals surface area contributed by atoms with Crippen molar-refractivity contribution in [3.8, 4) is 0 Å². The van der Waals surface area contributed by atoms with E-state index in [0.29, 0.717) is 18.5 Å². The van der Waals surface area contributed by atoms with E-state index in [2.05, 4.69) is 10.3 Å². The van der Waals surface area contributed by atoms with E-state index >= 15 is 0 Å². The Labute approximate surface area is 178 Å². The maximum absolute atomic E-state index is 12.7. The van der Waals surface area contributed by atoms with E-state index < -0.39 is 27.0 Å². The lowest BCUT2D eigenvalue weighted by Gasteiger charge is -2.12. The molecule has 4 rings (SSSR count). The third kappa shape index (κ3) is 3.67. The number of amides is 1. The Balaban J connectivity index is 1.59. The van der Waals surface area contributed by atoms with Gasteiger partial charge in [-0.25, -0.2) is 18.2 Å². The maximum atomic E-state index is 12.7. The predicted molar refractivity (Wildman–Crippen MR) is 116 cm³/mol. The van der Waals surface area contributed by atoms with Crippen LogP contribution in [-0.4, -0.2) is 33.7 Å². The Morgan fingerprint density at radius 3 is 2.29 bits per heavy atom. The summed E-state index contributed by atoms with van der Waals surface area (Å²) in [4.78, 5) is 41.4. The molecule has 1 saturated carbocycles. The Hall–Kier alpha value is -3.27. The predicted octanol–water partition coefficient (Wildman–Crippen LogP) is 1.60. The van der Waals surface area contributed by atoms with Crippen molar-refractivity contribution >= 4 is 32.5 Å². The SMILES string of the molecule is Cn1c(=O)c2ccc(C(=O)Nc3ccc(S(=O)(=O)C4CCCC4)cc3)nc2n(C)c1=O. The van der Waals surface area contributed by atoms with Crippen LogP contribution in [0.2, 0.25) is 0 Å². The minimum Gasteiger partial charge on any atom is -0.321 e. The molecule has 3 aromatic rings. The topological polar surface area (TPSA) is 120 Å². The molecule has 0 atom stereocenters. The fraction of sp³-hybridized carbons (Fsp3) is 0.333. The van der Waals surface area contributed by atoms with Crippen LogP contribution < -0.4 is 16.6 Å². The van der Waals surface area contributed by atoms with Crippen LogP contribution in [0.1, 0.15) is 36.2 Å². The molecule has 10 heteroatoms. The van der Waals surface area contributed by atoms with Crippen molar-refractivity contribution in [3.05, 3.63) is 62.9 Å². The van der Waals surface area contributed by atoms with Gasteiger partial charge in [0.05, 0.1) is 15.5 Å². The van der Waals surface area contributed by atoms with Gasteiger partial charge in [-0.2, -0.15) is 0 Å². The number of fused-ring (bicyclic) bond motifs is 1. The van der Waals surface area contributed by atoms with E-state index in [0.717, 1.165) is 17.4 Å². The number of pyridine rings is 1. The van der Waals surface area contributed by atoms with E-state index in [9.17, 15) is 22.8 Å². The molecule has 1 amide bonds.